The molecule has 0 bridgehead atoms. The quantitative estimate of drug-likeness (QED) is 0.905. The van der Waals surface area contributed by atoms with Crippen LogP contribution in [-0.4, -0.2) is 30.9 Å². The van der Waals surface area contributed by atoms with Crippen LogP contribution < -0.4 is 5.32 Å². The van der Waals surface area contributed by atoms with E-state index in [4.69, 9.17) is 4.74 Å². The van der Waals surface area contributed by atoms with E-state index in [1.807, 2.05) is 26.0 Å². The van der Waals surface area contributed by atoms with Crippen molar-refractivity contribution in [3.63, 3.8) is 0 Å². The van der Waals surface area contributed by atoms with Gasteiger partial charge in [-0.25, -0.2) is 0 Å². The van der Waals surface area contributed by atoms with E-state index < -0.39 is 12.7 Å². The van der Waals surface area contributed by atoms with Gasteiger partial charge in [0.2, 0.25) is 0 Å². The van der Waals surface area contributed by atoms with Gasteiger partial charge in [-0.05, 0) is 24.0 Å². The predicted molar refractivity (Wildman–Crippen MR) is 74.3 cm³/mol. The number of hydrogen-bond acceptors (Lipinski definition) is 3. The number of pyridine rings is 1. The van der Waals surface area contributed by atoms with Gasteiger partial charge in [-0.15, -0.1) is 0 Å². The summed E-state index contributed by atoms with van der Waals surface area (Å²) >= 11 is 0. The van der Waals surface area contributed by atoms with E-state index in [9.17, 15) is 13.2 Å². The zero-order valence-electron chi connectivity index (χ0n) is 12.3. The molecule has 21 heavy (non-hydrogen) atoms. The summed E-state index contributed by atoms with van der Waals surface area (Å²) in [6, 6.07) is 3.96. The van der Waals surface area contributed by atoms with Crippen LogP contribution in [0.15, 0.2) is 12.1 Å². The third-order valence-electron chi connectivity index (χ3n) is 3.61. The zero-order valence-corrected chi connectivity index (χ0v) is 12.3. The molecule has 1 aliphatic heterocycles. The van der Waals surface area contributed by atoms with Gasteiger partial charge in [0.25, 0.3) is 0 Å². The topological polar surface area (TPSA) is 34.1 Å². The van der Waals surface area contributed by atoms with E-state index in [0.717, 1.165) is 17.7 Å². The Morgan fingerprint density at radius 3 is 2.71 bits per heavy atom. The summed E-state index contributed by atoms with van der Waals surface area (Å²) < 4.78 is 42.2. The lowest BCUT2D eigenvalue weighted by atomic mass is 9.95. The zero-order chi connectivity index (χ0) is 15.5. The highest BCUT2D eigenvalue weighted by atomic mass is 19.4. The molecule has 0 saturated carbocycles. The summed E-state index contributed by atoms with van der Waals surface area (Å²) in [4.78, 5) is 4.55. The summed E-state index contributed by atoms with van der Waals surface area (Å²) in [6.45, 7) is 4.50. The van der Waals surface area contributed by atoms with Crippen molar-refractivity contribution in [2.75, 3.05) is 19.8 Å². The van der Waals surface area contributed by atoms with E-state index in [1.165, 1.54) is 0 Å². The van der Waals surface area contributed by atoms with Crippen LogP contribution in [0, 0.1) is 0 Å². The molecule has 1 atom stereocenters. The summed E-state index contributed by atoms with van der Waals surface area (Å²) in [5.74, 6) is 0.488. The van der Waals surface area contributed by atoms with Gasteiger partial charge in [0, 0.05) is 24.8 Å². The Labute approximate surface area is 122 Å². The molecule has 1 fully saturated rings. The van der Waals surface area contributed by atoms with Crippen molar-refractivity contribution in [1.82, 2.24) is 10.3 Å². The first-order chi connectivity index (χ1) is 9.87. The first-order valence-electron chi connectivity index (χ1n) is 7.21. The SMILES string of the molecule is CC(C)c1ccc([C@@H]2CCOC2)c(CNCC(F)(F)F)n1. The molecule has 1 aromatic rings. The Morgan fingerprint density at radius 1 is 1.38 bits per heavy atom. The molecule has 1 N–H and O–H groups in total. The summed E-state index contributed by atoms with van der Waals surface area (Å²) in [5.41, 5.74) is 2.62. The predicted octanol–water partition coefficient (Wildman–Crippen LogP) is 3.36. The van der Waals surface area contributed by atoms with Crippen molar-refractivity contribution in [3.8, 4) is 0 Å². The standard InChI is InChI=1S/C15H21F3N2O/c1-10(2)13-4-3-12(11-5-6-21-8-11)14(20-13)7-19-9-15(16,17)18/h3-4,10-11,19H,5-9H2,1-2H3/t11-/m1/s1. The van der Waals surface area contributed by atoms with E-state index in [0.29, 0.717) is 18.9 Å². The molecule has 0 spiro atoms. The van der Waals surface area contributed by atoms with E-state index >= 15 is 0 Å². The van der Waals surface area contributed by atoms with Gasteiger partial charge in [0.15, 0.2) is 0 Å². The van der Waals surface area contributed by atoms with Crippen molar-refractivity contribution in [2.45, 2.75) is 44.8 Å². The van der Waals surface area contributed by atoms with Crippen LogP contribution >= 0.6 is 0 Å². The Kier molecular flexibility index (Phi) is 5.22. The maximum absolute atomic E-state index is 12.3. The maximum Gasteiger partial charge on any atom is 0.401 e. The number of ether oxygens (including phenoxy) is 1. The smallest absolute Gasteiger partial charge is 0.381 e. The van der Waals surface area contributed by atoms with Crippen LogP contribution in [0.4, 0.5) is 13.2 Å². The number of nitrogens with one attached hydrogen (secondary N) is 1. The molecule has 0 amide bonds. The van der Waals surface area contributed by atoms with Gasteiger partial charge in [0.05, 0.1) is 18.8 Å². The van der Waals surface area contributed by atoms with Gasteiger partial charge in [0.1, 0.15) is 0 Å². The monoisotopic (exact) mass is 302 g/mol. The molecular formula is C15H21F3N2O. The normalized spacial score (nSPS) is 19.4. The number of hydrogen-bond donors (Lipinski definition) is 1. The van der Waals surface area contributed by atoms with Gasteiger partial charge in [-0.1, -0.05) is 19.9 Å². The van der Waals surface area contributed by atoms with Crippen molar-refractivity contribution in [2.24, 2.45) is 0 Å². The summed E-state index contributed by atoms with van der Waals surface area (Å²) in [6.07, 6.45) is -3.30. The Balaban J connectivity index is 2.15. The average molecular weight is 302 g/mol. The van der Waals surface area contributed by atoms with Crippen LogP contribution in [0.3, 0.4) is 0 Å². The molecule has 0 unspecified atom stereocenters. The molecule has 118 valence electrons. The highest BCUT2D eigenvalue weighted by Crippen LogP contribution is 2.28. The fraction of sp³-hybridized carbons (Fsp3) is 0.667. The van der Waals surface area contributed by atoms with Gasteiger partial charge >= 0.3 is 6.18 Å². The molecule has 0 aliphatic carbocycles. The molecule has 6 heteroatoms. The van der Waals surface area contributed by atoms with Crippen LogP contribution in [0.1, 0.15) is 49.1 Å². The van der Waals surface area contributed by atoms with E-state index in [-0.39, 0.29) is 18.4 Å². The minimum Gasteiger partial charge on any atom is -0.381 e. The molecule has 1 aliphatic rings. The second-order valence-electron chi connectivity index (χ2n) is 5.71. The molecule has 3 nitrogen and oxygen atoms in total. The molecule has 1 aromatic heterocycles. The maximum atomic E-state index is 12.3. The van der Waals surface area contributed by atoms with Crippen LogP contribution in [0.25, 0.3) is 0 Å². The lowest BCUT2D eigenvalue weighted by molar-refractivity contribution is -0.125. The summed E-state index contributed by atoms with van der Waals surface area (Å²) in [5, 5.41) is 2.44. The van der Waals surface area contributed by atoms with Gasteiger partial charge in [-0.3, -0.25) is 4.98 Å². The largest absolute Gasteiger partial charge is 0.401 e. The van der Waals surface area contributed by atoms with Crippen LogP contribution in [0.5, 0.6) is 0 Å². The van der Waals surface area contributed by atoms with Crippen molar-refractivity contribution < 1.29 is 17.9 Å². The fourth-order valence-electron chi connectivity index (χ4n) is 2.47. The van der Waals surface area contributed by atoms with Gasteiger partial charge in [-0.2, -0.15) is 13.2 Å². The average Bonchev–Trinajstić information content (AvgIpc) is 2.90. The fourth-order valence-corrected chi connectivity index (χ4v) is 2.47. The van der Waals surface area contributed by atoms with Crippen molar-refractivity contribution >= 4 is 0 Å². The Bertz CT molecular complexity index is 468. The molecule has 0 aromatic carbocycles. The highest BCUT2D eigenvalue weighted by Gasteiger charge is 2.27. The number of rotatable bonds is 5. The Hall–Kier alpha value is -1.14. The van der Waals surface area contributed by atoms with E-state index in [1.54, 1.807) is 0 Å². The first kappa shape index (κ1) is 16.2. The lowest BCUT2D eigenvalue weighted by Gasteiger charge is -2.17. The number of nitrogens with zero attached hydrogens (tertiary/aromatic N) is 1. The van der Waals surface area contributed by atoms with Gasteiger partial charge < -0.3 is 10.1 Å². The molecular weight excluding hydrogens is 281 g/mol. The minimum atomic E-state index is -4.20. The number of alkyl halides is 3. The molecule has 1 saturated heterocycles. The highest BCUT2D eigenvalue weighted by molar-refractivity contribution is 5.28. The second-order valence-corrected chi connectivity index (χ2v) is 5.71. The lowest BCUT2D eigenvalue weighted by Crippen LogP contribution is -2.29. The van der Waals surface area contributed by atoms with Crippen LogP contribution in [0.2, 0.25) is 0 Å². The minimum absolute atomic E-state index is 0.131. The molecule has 0 radical (unpaired) electrons. The molecule has 2 heterocycles. The van der Waals surface area contributed by atoms with Crippen molar-refractivity contribution in [1.29, 1.82) is 0 Å². The first-order valence-corrected chi connectivity index (χ1v) is 7.21. The third kappa shape index (κ3) is 4.68. The van der Waals surface area contributed by atoms with Crippen molar-refractivity contribution in [3.05, 3.63) is 29.1 Å². The Morgan fingerprint density at radius 2 is 2.14 bits per heavy atom. The van der Waals surface area contributed by atoms with Crippen LogP contribution in [-0.2, 0) is 11.3 Å². The molecule has 2 rings (SSSR count). The second kappa shape index (κ2) is 6.75. The number of aromatic nitrogens is 1. The summed E-state index contributed by atoms with van der Waals surface area (Å²) in [7, 11) is 0. The van der Waals surface area contributed by atoms with E-state index in [2.05, 4.69) is 10.3 Å². The number of halogens is 3. The third-order valence-corrected chi connectivity index (χ3v) is 3.61.